The molecule has 0 radical (unpaired) electrons. The Labute approximate surface area is 206 Å². The maximum Gasteiger partial charge on any atom is 0.306 e. The number of aromatic nitrogens is 1. The molecule has 1 N–H and O–H groups in total. The van der Waals surface area contributed by atoms with Gasteiger partial charge in [0, 0.05) is 28.7 Å². The number of piperidine rings is 1. The van der Waals surface area contributed by atoms with Crippen molar-refractivity contribution in [2.45, 2.75) is 32.4 Å². The molecular formula is C26H26ClF2N3O3. The molecule has 1 saturated heterocycles. The topological polar surface area (TPSA) is 65.8 Å². The van der Waals surface area contributed by atoms with E-state index in [0.29, 0.717) is 45.4 Å². The van der Waals surface area contributed by atoms with Gasteiger partial charge in [0.2, 0.25) is 5.91 Å². The molecule has 184 valence electrons. The van der Waals surface area contributed by atoms with E-state index in [4.69, 9.17) is 11.6 Å². The summed E-state index contributed by atoms with van der Waals surface area (Å²) in [7, 11) is 0. The number of carboxylic acids is 1. The third-order valence-corrected chi connectivity index (χ3v) is 7.60. The van der Waals surface area contributed by atoms with Crippen LogP contribution in [0.3, 0.4) is 0 Å². The molecule has 1 fully saturated rings. The molecule has 3 heterocycles. The smallest absolute Gasteiger partial charge is 0.306 e. The van der Waals surface area contributed by atoms with Gasteiger partial charge in [-0.05, 0) is 50.0 Å². The van der Waals surface area contributed by atoms with Crippen LogP contribution in [-0.4, -0.2) is 57.5 Å². The van der Waals surface area contributed by atoms with E-state index in [1.54, 1.807) is 0 Å². The predicted molar refractivity (Wildman–Crippen MR) is 128 cm³/mol. The van der Waals surface area contributed by atoms with Crippen LogP contribution in [0, 0.1) is 17.6 Å². The Morgan fingerprint density at radius 1 is 1.06 bits per heavy atom. The second-order valence-corrected chi connectivity index (χ2v) is 9.69. The molecule has 35 heavy (non-hydrogen) atoms. The van der Waals surface area contributed by atoms with Gasteiger partial charge < -0.3 is 14.6 Å². The van der Waals surface area contributed by atoms with E-state index in [2.05, 4.69) is 0 Å². The molecule has 0 unspecified atom stereocenters. The van der Waals surface area contributed by atoms with Crippen LogP contribution in [0.4, 0.5) is 8.78 Å². The summed E-state index contributed by atoms with van der Waals surface area (Å²) in [6.45, 7) is 2.59. The van der Waals surface area contributed by atoms with Gasteiger partial charge in [0.25, 0.3) is 0 Å². The summed E-state index contributed by atoms with van der Waals surface area (Å²) >= 11 is 5.82. The molecule has 2 aliphatic heterocycles. The average Bonchev–Trinajstić information content (AvgIpc) is 3.17. The van der Waals surface area contributed by atoms with E-state index < -0.39 is 22.6 Å². The first-order chi connectivity index (χ1) is 16.8. The number of aliphatic carboxylic acids is 1. The fourth-order valence-corrected chi connectivity index (χ4v) is 5.46. The standard InChI is InChI=1S/C26H26ClF2N3O3/c27-24-20(28)6-5-17(25(24)29)13-32-21-4-2-1-3-18(21)19-9-12-31(14-22(19)32)23(33)15-30-10-7-16(8-11-30)26(34)35/h1-6,16H,7-15H2,(H,34,35). The molecule has 1 amide bonds. The van der Waals surface area contributed by atoms with Gasteiger partial charge in [-0.2, -0.15) is 0 Å². The van der Waals surface area contributed by atoms with Crippen molar-refractivity contribution in [2.75, 3.05) is 26.2 Å². The van der Waals surface area contributed by atoms with E-state index in [1.807, 2.05) is 38.6 Å². The molecule has 9 heteroatoms. The largest absolute Gasteiger partial charge is 0.481 e. The van der Waals surface area contributed by atoms with Crippen molar-refractivity contribution in [3.63, 3.8) is 0 Å². The Morgan fingerprint density at radius 2 is 1.80 bits per heavy atom. The number of hydrogen-bond acceptors (Lipinski definition) is 3. The zero-order chi connectivity index (χ0) is 24.7. The van der Waals surface area contributed by atoms with Gasteiger partial charge in [-0.1, -0.05) is 35.9 Å². The fourth-order valence-electron chi connectivity index (χ4n) is 5.28. The molecule has 6 nitrogen and oxygen atoms in total. The lowest BCUT2D eigenvalue weighted by molar-refractivity contribution is -0.143. The highest BCUT2D eigenvalue weighted by molar-refractivity contribution is 6.30. The van der Waals surface area contributed by atoms with Crippen LogP contribution in [0.25, 0.3) is 10.9 Å². The number of para-hydroxylation sites is 1. The number of carbonyl (C=O) groups excluding carboxylic acids is 1. The second kappa shape index (κ2) is 9.59. The number of carboxylic acid groups (broad SMARTS) is 1. The zero-order valence-electron chi connectivity index (χ0n) is 19.1. The predicted octanol–water partition coefficient (Wildman–Crippen LogP) is 4.30. The molecular weight excluding hydrogens is 476 g/mol. The van der Waals surface area contributed by atoms with Gasteiger partial charge >= 0.3 is 5.97 Å². The summed E-state index contributed by atoms with van der Waals surface area (Å²) in [5.74, 6) is -2.68. The minimum Gasteiger partial charge on any atom is -0.481 e. The number of fused-ring (bicyclic) bond motifs is 3. The third kappa shape index (κ3) is 4.52. The first-order valence-electron chi connectivity index (χ1n) is 11.8. The maximum atomic E-state index is 14.7. The molecule has 0 spiro atoms. The molecule has 0 aliphatic carbocycles. The lowest BCUT2D eigenvalue weighted by Gasteiger charge is -2.33. The minimum atomic E-state index is -0.795. The van der Waals surface area contributed by atoms with Crippen molar-refractivity contribution in [2.24, 2.45) is 5.92 Å². The van der Waals surface area contributed by atoms with E-state index in [1.165, 1.54) is 12.1 Å². The van der Waals surface area contributed by atoms with E-state index in [-0.39, 0.29) is 30.5 Å². The minimum absolute atomic E-state index is 0.00256. The molecule has 1 aromatic heterocycles. The first kappa shape index (κ1) is 23.8. The van der Waals surface area contributed by atoms with Crippen LogP contribution in [0.15, 0.2) is 36.4 Å². The highest BCUT2D eigenvalue weighted by Gasteiger charge is 2.30. The van der Waals surface area contributed by atoms with Crippen LogP contribution in [-0.2, 0) is 29.1 Å². The van der Waals surface area contributed by atoms with Crippen molar-refractivity contribution < 1.29 is 23.5 Å². The van der Waals surface area contributed by atoms with Crippen LogP contribution < -0.4 is 0 Å². The molecule has 0 bridgehead atoms. The molecule has 3 aromatic rings. The molecule has 2 aromatic carbocycles. The van der Waals surface area contributed by atoms with Gasteiger partial charge in [0.05, 0.1) is 25.6 Å². The number of amides is 1. The zero-order valence-corrected chi connectivity index (χ0v) is 19.9. The molecule has 5 rings (SSSR count). The van der Waals surface area contributed by atoms with Crippen molar-refractivity contribution in [1.82, 2.24) is 14.4 Å². The number of benzene rings is 2. The van der Waals surface area contributed by atoms with Crippen molar-refractivity contribution in [1.29, 1.82) is 0 Å². The number of rotatable bonds is 5. The van der Waals surface area contributed by atoms with E-state index in [9.17, 15) is 23.5 Å². The number of hydrogen-bond donors (Lipinski definition) is 1. The number of halogens is 3. The highest BCUT2D eigenvalue weighted by atomic mass is 35.5. The average molecular weight is 502 g/mol. The molecule has 0 saturated carbocycles. The number of likely N-dealkylation sites (tertiary alicyclic amines) is 1. The SMILES string of the molecule is O=C(O)C1CCN(CC(=O)N2CCc3c(n(Cc4ccc(F)c(Cl)c4F)c4ccccc34)C2)CC1. The third-order valence-electron chi connectivity index (χ3n) is 7.26. The van der Waals surface area contributed by atoms with Crippen LogP contribution >= 0.6 is 11.6 Å². The van der Waals surface area contributed by atoms with E-state index in [0.717, 1.165) is 22.2 Å². The summed E-state index contributed by atoms with van der Waals surface area (Å²) in [5, 5.41) is 9.75. The van der Waals surface area contributed by atoms with Crippen molar-refractivity contribution >= 4 is 34.4 Å². The fraction of sp³-hybridized carbons (Fsp3) is 0.385. The van der Waals surface area contributed by atoms with Gasteiger partial charge in [-0.3, -0.25) is 14.5 Å². The Hall–Kier alpha value is -2.97. The lowest BCUT2D eigenvalue weighted by Crippen LogP contribution is -2.45. The monoisotopic (exact) mass is 501 g/mol. The van der Waals surface area contributed by atoms with Crippen molar-refractivity contribution in [3.8, 4) is 0 Å². The Kier molecular flexibility index (Phi) is 6.51. The number of carbonyl (C=O) groups is 2. The number of nitrogens with zero attached hydrogens (tertiary/aromatic N) is 3. The van der Waals surface area contributed by atoms with Gasteiger partial charge in [-0.25, -0.2) is 8.78 Å². The normalized spacial score (nSPS) is 17.1. The molecule has 0 atom stereocenters. The molecule has 2 aliphatic rings. The van der Waals surface area contributed by atoms with Gasteiger partial charge in [0.15, 0.2) is 0 Å². The lowest BCUT2D eigenvalue weighted by atomic mass is 9.97. The Morgan fingerprint density at radius 3 is 2.54 bits per heavy atom. The second-order valence-electron chi connectivity index (χ2n) is 9.32. The summed E-state index contributed by atoms with van der Waals surface area (Å²) in [6, 6.07) is 10.5. The van der Waals surface area contributed by atoms with Crippen molar-refractivity contribution in [3.05, 3.63) is 69.9 Å². The summed E-state index contributed by atoms with van der Waals surface area (Å²) in [5.41, 5.74) is 3.29. The van der Waals surface area contributed by atoms with Gasteiger partial charge in [0.1, 0.15) is 16.7 Å². The summed E-state index contributed by atoms with van der Waals surface area (Å²) in [6.07, 6.45) is 1.78. The van der Waals surface area contributed by atoms with Gasteiger partial charge in [-0.15, -0.1) is 0 Å². The Bertz CT molecular complexity index is 1300. The van der Waals surface area contributed by atoms with Crippen LogP contribution in [0.5, 0.6) is 0 Å². The maximum absolute atomic E-state index is 14.7. The highest BCUT2D eigenvalue weighted by Crippen LogP contribution is 2.33. The first-order valence-corrected chi connectivity index (χ1v) is 12.2. The van der Waals surface area contributed by atoms with E-state index >= 15 is 0 Å². The summed E-state index contributed by atoms with van der Waals surface area (Å²) < 4.78 is 30.4. The van der Waals surface area contributed by atoms with Crippen LogP contribution in [0.1, 0.15) is 29.7 Å². The van der Waals surface area contributed by atoms with Crippen LogP contribution in [0.2, 0.25) is 5.02 Å². The Balaban J connectivity index is 1.39. The quantitative estimate of drug-likeness (QED) is 0.529. The summed E-state index contributed by atoms with van der Waals surface area (Å²) in [4.78, 5) is 28.2.